The van der Waals surface area contributed by atoms with Gasteiger partial charge in [0.2, 0.25) is 15.9 Å². The fourth-order valence-electron chi connectivity index (χ4n) is 4.23. The number of benzene rings is 2. The lowest BCUT2D eigenvalue weighted by atomic mass is 9.99. The first kappa shape index (κ1) is 28.4. The van der Waals surface area contributed by atoms with Crippen LogP contribution in [0.25, 0.3) is 0 Å². The molecule has 0 aliphatic carbocycles. The van der Waals surface area contributed by atoms with Gasteiger partial charge in [-0.25, -0.2) is 13.1 Å². The van der Waals surface area contributed by atoms with Gasteiger partial charge in [0.05, 0.1) is 29.8 Å². The Hall–Kier alpha value is -3.65. The van der Waals surface area contributed by atoms with E-state index in [1.165, 1.54) is 26.4 Å². The minimum Gasteiger partial charge on any atom is -0.493 e. The van der Waals surface area contributed by atoms with Gasteiger partial charge >= 0.3 is 0 Å². The Morgan fingerprint density at radius 3 is 2.64 bits per heavy atom. The molecule has 0 saturated heterocycles. The van der Waals surface area contributed by atoms with E-state index in [2.05, 4.69) is 20.4 Å². The number of fused-ring (bicyclic) bond motifs is 1. The van der Waals surface area contributed by atoms with Gasteiger partial charge in [0.1, 0.15) is 18.1 Å². The maximum atomic E-state index is 13.1. The number of sulfonamides is 1. The number of aryl methyl sites for hydroxylation is 1. The molecule has 2 aromatic carbocycles. The van der Waals surface area contributed by atoms with E-state index in [0.717, 1.165) is 17.4 Å². The van der Waals surface area contributed by atoms with Crippen molar-refractivity contribution < 1.29 is 32.2 Å². The van der Waals surface area contributed by atoms with E-state index in [1.807, 2.05) is 13.0 Å². The average Bonchev–Trinajstić information content (AvgIpc) is 3.40. The molecule has 0 fully saturated rings. The van der Waals surface area contributed by atoms with Crippen molar-refractivity contribution in [3.05, 3.63) is 71.0 Å². The SMILES string of the molecule is COC(CNC(=O)[C@@H](Cc1cn([C@H]2CCOc3cc(C=O)ccc32)nn1)NS(=O)(=O)c1ccc(C)cc1)OC. The third-order valence-electron chi connectivity index (χ3n) is 6.39. The smallest absolute Gasteiger partial charge is 0.241 e. The van der Waals surface area contributed by atoms with Gasteiger partial charge in [0.25, 0.3) is 0 Å². The first-order valence-electron chi connectivity index (χ1n) is 12.3. The topological polar surface area (TPSA) is 151 Å². The maximum absolute atomic E-state index is 13.1. The number of hydrogen-bond donors (Lipinski definition) is 2. The van der Waals surface area contributed by atoms with Crippen LogP contribution in [0, 0.1) is 6.92 Å². The molecular formula is C26H31N5O7S. The lowest BCUT2D eigenvalue weighted by Gasteiger charge is -2.26. The Morgan fingerprint density at radius 2 is 1.95 bits per heavy atom. The third kappa shape index (κ3) is 6.87. The molecule has 208 valence electrons. The molecule has 1 aliphatic heterocycles. The molecule has 3 aromatic rings. The van der Waals surface area contributed by atoms with Crippen molar-refractivity contribution in [2.24, 2.45) is 0 Å². The van der Waals surface area contributed by atoms with Crippen LogP contribution in [0.1, 0.15) is 39.6 Å². The summed E-state index contributed by atoms with van der Waals surface area (Å²) < 4.78 is 46.3. The molecule has 2 heterocycles. The number of rotatable bonds is 12. The summed E-state index contributed by atoms with van der Waals surface area (Å²) in [4.78, 5) is 24.3. The number of hydrogen-bond acceptors (Lipinski definition) is 9. The number of nitrogens with zero attached hydrogens (tertiary/aromatic N) is 3. The van der Waals surface area contributed by atoms with Crippen molar-refractivity contribution in [2.75, 3.05) is 27.4 Å². The largest absolute Gasteiger partial charge is 0.493 e. The minimum absolute atomic E-state index is 0.0168. The highest BCUT2D eigenvalue weighted by Gasteiger charge is 2.29. The van der Waals surface area contributed by atoms with Gasteiger partial charge < -0.3 is 19.5 Å². The van der Waals surface area contributed by atoms with Crippen molar-refractivity contribution in [3.63, 3.8) is 0 Å². The summed E-state index contributed by atoms with van der Waals surface area (Å²) in [5.74, 6) is 0.0268. The van der Waals surface area contributed by atoms with Crippen molar-refractivity contribution in [1.29, 1.82) is 0 Å². The highest BCUT2D eigenvalue weighted by Crippen LogP contribution is 2.34. The lowest BCUT2D eigenvalue weighted by molar-refractivity contribution is -0.128. The summed E-state index contributed by atoms with van der Waals surface area (Å²) in [7, 11) is -1.15. The Balaban J connectivity index is 1.56. The van der Waals surface area contributed by atoms with E-state index in [0.29, 0.717) is 30.0 Å². The number of ether oxygens (including phenoxy) is 3. The molecule has 12 nitrogen and oxygen atoms in total. The van der Waals surface area contributed by atoms with Gasteiger partial charge in [-0.05, 0) is 25.1 Å². The van der Waals surface area contributed by atoms with Crippen molar-refractivity contribution in [1.82, 2.24) is 25.0 Å². The van der Waals surface area contributed by atoms with Gasteiger partial charge in [0, 0.05) is 44.4 Å². The summed E-state index contributed by atoms with van der Waals surface area (Å²) in [6, 6.07) is 10.1. The molecule has 0 bridgehead atoms. The van der Waals surface area contributed by atoms with Gasteiger partial charge in [-0.1, -0.05) is 35.0 Å². The quantitative estimate of drug-likeness (QED) is 0.249. The number of aromatic nitrogens is 3. The van der Waals surface area contributed by atoms with Crippen LogP contribution in [0.4, 0.5) is 0 Å². The number of amides is 1. The second-order valence-corrected chi connectivity index (χ2v) is 10.8. The number of aldehydes is 1. The van der Waals surface area contributed by atoms with Crippen LogP contribution in [-0.2, 0) is 30.7 Å². The monoisotopic (exact) mass is 557 g/mol. The minimum atomic E-state index is -4.02. The number of carbonyl (C=O) groups excluding carboxylic acids is 2. The second-order valence-electron chi connectivity index (χ2n) is 9.10. The average molecular weight is 558 g/mol. The van der Waals surface area contributed by atoms with E-state index in [4.69, 9.17) is 14.2 Å². The summed E-state index contributed by atoms with van der Waals surface area (Å²) in [5, 5.41) is 11.1. The molecule has 39 heavy (non-hydrogen) atoms. The Labute approximate surface area is 226 Å². The van der Waals surface area contributed by atoms with Crippen molar-refractivity contribution in [3.8, 4) is 5.75 Å². The van der Waals surface area contributed by atoms with E-state index in [-0.39, 0.29) is 23.9 Å². The van der Waals surface area contributed by atoms with Crippen molar-refractivity contribution in [2.45, 2.75) is 43.0 Å². The Kier molecular flexibility index (Phi) is 9.07. The highest BCUT2D eigenvalue weighted by atomic mass is 32.2. The molecule has 0 unspecified atom stereocenters. The van der Waals surface area contributed by atoms with E-state index < -0.39 is 28.3 Å². The summed E-state index contributed by atoms with van der Waals surface area (Å²) in [6.07, 6.45) is 2.31. The third-order valence-corrected chi connectivity index (χ3v) is 7.87. The molecule has 0 saturated carbocycles. The van der Waals surface area contributed by atoms with Crippen LogP contribution < -0.4 is 14.8 Å². The van der Waals surface area contributed by atoms with Gasteiger partial charge in [-0.15, -0.1) is 5.10 Å². The zero-order valence-electron chi connectivity index (χ0n) is 21.9. The number of nitrogens with one attached hydrogen (secondary N) is 2. The summed E-state index contributed by atoms with van der Waals surface area (Å²) >= 11 is 0. The fraction of sp³-hybridized carbons (Fsp3) is 0.385. The predicted octanol–water partition coefficient (Wildman–Crippen LogP) is 1.40. The predicted molar refractivity (Wildman–Crippen MR) is 140 cm³/mol. The zero-order chi connectivity index (χ0) is 28.0. The number of methoxy groups -OCH3 is 2. The van der Waals surface area contributed by atoms with Gasteiger partial charge in [-0.3, -0.25) is 9.59 Å². The Bertz CT molecular complexity index is 1400. The normalized spacial score (nSPS) is 15.8. The lowest BCUT2D eigenvalue weighted by Crippen LogP contribution is -2.49. The van der Waals surface area contributed by atoms with E-state index in [9.17, 15) is 18.0 Å². The maximum Gasteiger partial charge on any atom is 0.241 e. The second kappa shape index (κ2) is 12.5. The zero-order valence-corrected chi connectivity index (χ0v) is 22.7. The first-order chi connectivity index (χ1) is 18.7. The van der Waals surface area contributed by atoms with Crippen molar-refractivity contribution >= 4 is 22.2 Å². The molecule has 0 radical (unpaired) electrons. The van der Waals surface area contributed by atoms with E-state index in [1.54, 1.807) is 35.1 Å². The van der Waals surface area contributed by atoms with Crippen LogP contribution >= 0.6 is 0 Å². The standard InChI is InChI=1S/C26H31N5O7S/c1-17-4-7-20(8-5-17)39(34,35)29-22(26(33)27-14-25(36-2)37-3)13-19-15-31(30-28-19)23-10-11-38-24-12-18(16-32)6-9-21(23)24/h4-9,12,15-16,22-23,25,29H,10-11,13-14H2,1-3H3,(H,27,33)/t22-,23+/m1/s1. The molecular weight excluding hydrogens is 526 g/mol. The van der Waals surface area contributed by atoms with Crippen LogP contribution in [0.2, 0.25) is 0 Å². The molecule has 1 aromatic heterocycles. The molecule has 2 atom stereocenters. The number of carbonyl (C=O) groups is 2. The molecule has 13 heteroatoms. The van der Waals surface area contributed by atoms with Crippen LogP contribution in [-0.4, -0.2) is 75.3 Å². The molecule has 0 spiro atoms. The molecule has 1 aliphatic rings. The van der Waals surface area contributed by atoms with Gasteiger partial charge in [0.15, 0.2) is 6.29 Å². The highest BCUT2D eigenvalue weighted by molar-refractivity contribution is 7.89. The molecule has 1 amide bonds. The molecule has 4 rings (SSSR count). The summed E-state index contributed by atoms with van der Waals surface area (Å²) in [6.45, 7) is 2.29. The van der Waals surface area contributed by atoms with E-state index >= 15 is 0 Å². The van der Waals surface area contributed by atoms with Crippen LogP contribution in [0.5, 0.6) is 5.75 Å². The van der Waals surface area contributed by atoms with Crippen LogP contribution in [0.3, 0.4) is 0 Å². The van der Waals surface area contributed by atoms with Gasteiger partial charge in [-0.2, -0.15) is 4.72 Å². The summed E-state index contributed by atoms with van der Waals surface area (Å²) in [5.41, 5.74) is 2.67. The first-order valence-corrected chi connectivity index (χ1v) is 13.8. The Morgan fingerprint density at radius 1 is 1.21 bits per heavy atom. The van der Waals surface area contributed by atoms with Crippen LogP contribution in [0.15, 0.2) is 53.6 Å². The molecule has 2 N–H and O–H groups in total. The fourth-order valence-corrected chi connectivity index (χ4v) is 5.43.